The summed E-state index contributed by atoms with van der Waals surface area (Å²) in [6.45, 7) is 0.102. The molecule has 0 saturated heterocycles. The molecule has 1 aromatic carbocycles. The highest BCUT2D eigenvalue weighted by molar-refractivity contribution is 7.11. The van der Waals surface area contributed by atoms with Crippen LogP contribution in [0, 0.1) is 0 Å². The van der Waals surface area contributed by atoms with Crippen LogP contribution in [-0.4, -0.2) is 40.7 Å². The van der Waals surface area contributed by atoms with Crippen LogP contribution >= 0.6 is 11.3 Å². The number of carbonyl (C=O) groups excluding carboxylic acids is 1. The molecule has 5 rings (SSSR count). The van der Waals surface area contributed by atoms with E-state index in [9.17, 15) is 9.90 Å². The van der Waals surface area contributed by atoms with Gasteiger partial charge in [-0.1, -0.05) is 30.3 Å². The van der Waals surface area contributed by atoms with E-state index in [2.05, 4.69) is 39.6 Å². The molecule has 3 aromatic rings. The van der Waals surface area contributed by atoms with Crippen LogP contribution in [0.3, 0.4) is 0 Å². The molecule has 1 aliphatic heterocycles. The second-order valence-corrected chi connectivity index (χ2v) is 8.73. The van der Waals surface area contributed by atoms with Gasteiger partial charge in [-0.25, -0.2) is 9.97 Å². The van der Waals surface area contributed by atoms with Gasteiger partial charge in [0, 0.05) is 29.7 Å². The van der Waals surface area contributed by atoms with E-state index in [-0.39, 0.29) is 17.9 Å². The van der Waals surface area contributed by atoms with Gasteiger partial charge in [0.15, 0.2) is 17.8 Å². The topological polar surface area (TPSA) is 87.6 Å². The summed E-state index contributed by atoms with van der Waals surface area (Å²) in [6.07, 6.45) is 4.56. The number of aromatic nitrogens is 2. The normalized spacial score (nSPS) is 20.8. The fraction of sp³-hybridized carbons (Fsp3) is 0.318. The Bertz CT molecular complexity index is 1070. The number of amides is 1. The Kier molecular flexibility index (Phi) is 4.77. The molecular weight excluding hydrogens is 400 g/mol. The third-order valence-corrected chi connectivity index (χ3v) is 7.02. The van der Waals surface area contributed by atoms with E-state index in [1.165, 1.54) is 21.8 Å². The lowest BCUT2D eigenvalue weighted by Crippen LogP contribution is -2.48. The van der Waals surface area contributed by atoms with Gasteiger partial charge >= 0.3 is 0 Å². The molecule has 3 heterocycles. The summed E-state index contributed by atoms with van der Waals surface area (Å²) < 4.78 is 5.75. The zero-order chi connectivity index (χ0) is 20.7. The average molecular weight is 423 g/mol. The highest BCUT2D eigenvalue weighted by Crippen LogP contribution is 2.55. The van der Waals surface area contributed by atoms with Crippen LogP contribution in [-0.2, 0) is 10.2 Å². The first-order chi connectivity index (χ1) is 14.6. The van der Waals surface area contributed by atoms with E-state index in [1.807, 2.05) is 12.3 Å². The molecule has 2 N–H and O–H groups in total. The summed E-state index contributed by atoms with van der Waals surface area (Å²) in [7, 11) is 1.65. The maximum Gasteiger partial charge on any atom is 0.248 e. The summed E-state index contributed by atoms with van der Waals surface area (Å²) in [5.74, 6) is 0.796. The average Bonchev–Trinajstić information content (AvgIpc) is 3.47. The number of rotatable bonds is 5. The van der Waals surface area contributed by atoms with Gasteiger partial charge in [-0.05, 0) is 30.5 Å². The Hall–Kier alpha value is -2.81. The van der Waals surface area contributed by atoms with E-state index in [1.54, 1.807) is 25.4 Å². The first-order valence-electron chi connectivity index (χ1n) is 9.90. The van der Waals surface area contributed by atoms with Crippen molar-refractivity contribution < 1.29 is 14.6 Å². The van der Waals surface area contributed by atoms with Crippen molar-refractivity contribution in [1.29, 1.82) is 0 Å². The van der Waals surface area contributed by atoms with Crippen molar-refractivity contribution in [1.82, 2.24) is 15.3 Å². The van der Waals surface area contributed by atoms with Crippen molar-refractivity contribution in [2.24, 2.45) is 0 Å². The smallest absolute Gasteiger partial charge is 0.248 e. The van der Waals surface area contributed by atoms with Gasteiger partial charge in [0.25, 0.3) is 0 Å². The maximum absolute atomic E-state index is 12.8. The summed E-state index contributed by atoms with van der Waals surface area (Å²) in [5.41, 5.74) is 1.29. The van der Waals surface area contributed by atoms with Crippen molar-refractivity contribution in [3.05, 3.63) is 70.3 Å². The van der Waals surface area contributed by atoms with Gasteiger partial charge in [0.2, 0.25) is 5.91 Å². The number of pyridine rings is 1. The Balaban J connectivity index is 1.32. The molecule has 7 nitrogen and oxygen atoms in total. The third kappa shape index (κ3) is 3.27. The number of anilines is 1. The molecule has 1 amide bonds. The number of aliphatic hydroxyl groups is 1. The molecule has 0 radical (unpaired) electrons. The lowest BCUT2D eigenvalue weighted by molar-refractivity contribution is -0.121. The van der Waals surface area contributed by atoms with Crippen molar-refractivity contribution in [2.45, 2.75) is 30.5 Å². The van der Waals surface area contributed by atoms with Crippen molar-refractivity contribution >= 4 is 23.1 Å². The van der Waals surface area contributed by atoms with Gasteiger partial charge in [-0.2, -0.15) is 0 Å². The Labute approximate surface area is 178 Å². The minimum absolute atomic E-state index is 0.00563. The van der Waals surface area contributed by atoms with E-state index < -0.39 is 12.3 Å². The predicted octanol–water partition coefficient (Wildman–Crippen LogP) is 2.62. The Morgan fingerprint density at radius 1 is 1.23 bits per heavy atom. The van der Waals surface area contributed by atoms with Crippen LogP contribution in [0.25, 0.3) is 0 Å². The Morgan fingerprint density at radius 2 is 2.03 bits per heavy atom. The molecule has 0 spiro atoms. The van der Waals surface area contributed by atoms with Crippen LogP contribution in [0.1, 0.15) is 34.5 Å². The number of thiazole rings is 1. The minimum atomic E-state index is -1.06. The quantitative estimate of drug-likeness (QED) is 0.615. The minimum Gasteiger partial charge on any atom is -0.488 e. The monoisotopic (exact) mass is 422 g/mol. The molecule has 0 bridgehead atoms. The van der Waals surface area contributed by atoms with Crippen LogP contribution in [0.2, 0.25) is 0 Å². The Morgan fingerprint density at radius 3 is 2.80 bits per heavy atom. The number of ether oxygens (including phenoxy) is 1. The van der Waals surface area contributed by atoms with Gasteiger partial charge in [0.1, 0.15) is 17.7 Å². The van der Waals surface area contributed by atoms with Crippen molar-refractivity contribution in [3.63, 3.8) is 0 Å². The van der Waals surface area contributed by atoms with Gasteiger partial charge < -0.3 is 9.84 Å². The molecule has 154 valence electrons. The molecule has 2 atom stereocenters. The van der Waals surface area contributed by atoms with Crippen LogP contribution < -0.4 is 15.0 Å². The number of fused-ring (bicyclic) bond motifs is 1. The first kappa shape index (κ1) is 19.2. The molecule has 2 aromatic heterocycles. The lowest BCUT2D eigenvalue weighted by Gasteiger charge is -2.21. The number of benzene rings is 1. The summed E-state index contributed by atoms with van der Waals surface area (Å²) in [6, 6.07) is 13.2. The molecule has 1 unspecified atom stereocenters. The molecular formula is C22H22N4O3S. The van der Waals surface area contributed by atoms with Crippen molar-refractivity contribution in [3.8, 4) is 5.75 Å². The zero-order valence-electron chi connectivity index (χ0n) is 16.5. The highest BCUT2D eigenvalue weighted by Gasteiger charge is 2.47. The molecule has 1 aliphatic carbocycles. The number of hydrogen-bond acceptors (Lipinski definition) is 7. The predicted molar refractivity (Wildman–Crippen MR) is 114 cm³/mol. The van der Waals surface area contributed by atoms with E-state index in [0.717, 1.165) is 17.7 Å². The second kappa shape index (κ2) is 7.46. The standard InChI is InChI=1S/C22H22N4O3S/c1-26-18-16(8-5-11-23-18)29-13-15(21(26)28)25-19(27)20-24-12-17(30-20)22(9-10-22)14-6-3-2-4-7-14/h2-8,11-12,15,19,25,27H,9-10,13H2,1H3/t15-,19?/m0/s1. The number of aliphatic hydroxyl groups excluding tert-OH is 1. The second-order valence-electron chi connectivity index (χ2n) is 7.67. The molecule has 1 saturated carbocycles. The fourth-order valence-corrected chi connectivity index (χ4v) is 5.04. The first-order valence-corrected chi connectivity index (χ1v) is 10.7. The van der Waals surface area contributed by atoms with Gasteiger partial charge in [-0.15, -0.1) is 11.3 Å². The van der Waals surface area contributed by atoms with Crippen LogP contribution in [0.5, 0.6) is 5.75 Å². The van der Waals surface area contributed by atoms with Gasteiger partial charge in [0.05, 0.1) is 0 Å². The van der Waals surface area contributed by atoms with E-state index in [4.69, 9.17) is 4.74 Å². The number of hydrogen-bond donors (Lipinski definition) is 2. The third-order valence-electron chi connectivity index (χ3n) is 5.77. The summed E-state index contributed by atoms with van der Waals surface area (Å²) in [5, 5.41) is 14.3. The highest BCUT2D eigenvalue weighted by atomic mass is 32.1. The largest absolute Gasteiger partial charge is 0.488 e. The number of nitrogens with zero attached hydrogens (tertiary/aromatic N) is 3. The molecule has 8 heteroatoms. The molecule has 1 fully saturated rings. The SMILES string of the molecule is CN1C(=O)[C@@H](NC(O)c2ncc(C3(c4ccccc4)CC3)s2)COc2cccnc21. The van der Waals surface area contributed by atoms with Crippen molar-refractivity contribution in [2.75, 3.05) is 18.6 Å². The number of likely N-dealkylation sites (N-methyl/N-ethyl adjacent to an activating group) is 1. The fourth-order valence-electron chi connectivity index (χ4n) is 3.91. The lowest BCUT2D eigenvalue weighted by atomic mass is 9.95. The van der Waals surface area contributed by atoms with Crippen LogP contribution in [0.4, 0.5) is 5.82 Å². The summed E-state index contributed by atoms with van der Waals surface area (Å²) >= 11 is 1.49. The van der Waals surface area contributed by atoms with E-state index >= 15 is 0 Å². The summed E-state index contributed by atoms with van der Waals surface area (Å²) in [4.78, 5) is 24.1. The van der Waals surface area contributed by atoms with Gasteiger partial charge in [-0.3, -0.25) is 15.0 Å². The van der Waals surface area contributed by atoms with E-state index in [0.29, 0.717) is 16.6 Å². The van der Waals surface area contributed by atoms with Crippen LogP contribution in [0.15, 0.2) is 54.9 Å². The zero-order valence-corrected chi connectivity index (χ0v) is 17.3. The maximum atomic E-state index is 12.8. The number of nitrogens with one attached hydrogen (secondary N) is 1. The number of carbonyl (C=O) groups is 1. The molecule has 2 aliphatic rings. The molecule has 30 heavy (non-hydrogen) atoms.